The van der Waals surface area contributed by atoms with Crippen molar-refractivity contribution in [3.8, 4) is 56.4 Å². The highest BCUT2D eigenvalue weighted by atomic mass is 32.1. The van der Waals surface area contributed by atoms with Gasteiger partial charge in [-0.2, -0.15) is 0 Å². The predicted octanol–water partition coefficient (Wildman–Crippen LogP) is 12.5. The average molecular weight is 658 g/mol. The van der Waals surface area contributed by atoms with Crippen molar-refractivity contribution in [3.05, 3.63) is 164 Å². The molecular weight excluding hydrogens is 631 g/mol. The standard InChI is InChI=1S/C45H27N3OS/c1-3-10-28(11-4-1)29-18-20-31(21-19-29)44-46-43(30-12-5-2-6-13-30)47-45(48-44)33-22-24-35-37-26-32(23-25-40(37)50-41(35)27-33)34-15-9-17-39-42(34)36-14-7-8-16-38(36)49-39/h1-27H. The third kappa shape index (κ3) is 4.87. The lowest BCUT2D eigenvalue weighted by Crippen LogP contribution is -2.00. The Bertz CT molecular complexity index is 2860. The quantitative estimate of drug-likeness (QED) is 0.185. The molecule has 0 unspecified atom stereocenters. The van der Waals surface area contributed by atoms with Crippen LogP contribution in [0.4, 0.5) is 0 Å². The summed E-state index contributed by atoms with van der Waals surface area (Å²) in [4.78, 5) is 15.0. The minimum absolute atomic E-state index is 0.649. The van der Waals surface area contributed by atoms with Crippen LogP contribution in [0.15, 0.2) is 168 Å². The Balaban J connectivity index is 1.08. The second kappa shape index (κ2) is 11.6. The van der Waals surface area contributed by atoms with Gasteiger partial charge in [-0.3, -0.25) is 0 Å². The molecule has 0 aliphatic carbocycles. The summed E-state index contributed by atoms with van der Waals surface area (Å²) in [6.45, 7) is 0. The summed E-state index contributed by atoms with van der Waals surface area (Å²) in [6, 6.07) is 56.9. The first-order valence-electron chi connectivity index (χ1n) is 16.6. The van der Waals surface area contributed by atoms with Crippen molar-refractivity contribution >= 4 is 53.4 Å². The second-order valence-corrected chi connectivity index (χ2v) is 13.5. The molecule has 3 heterocycles. The molecule has 4 nitrogen and oxygen atoms in total. The Kier molecular flexibility index (Phi) is 6.64. The first-order valence-corrected chi connectivity index (χ1v) is 17.4. The fourth-order valence-corrected chi connectivity index (χ4v) is 8.02. The summed E-state index contributed by atoms with van der Waals surface area (Å²) in [5.74, 6) is 1.95. The largest absolute Gasteiger partial charge is 0.456 e. The Morgan fingerprint density at radius 3 is 1.72 bits per heavy atom. The van der Waals surface area contributed by atoms with Gasteiger partial charge in [0.1, 0.15) is 11.2 Å². The lowest BCUT2D eigenvalue weighted by molar-refractivity contribution is 0.669. The summed E-state index contributed by atoms with van der Waals surface area (Å²) >= 11 is 1.79. The van der Waals surface area contributed by atoms with Gasteiger partial charge in [-0.25, -0.2) is 15.0 Å². The number of nitrogens with zero attached hydrogens (tertiary/aromatic N) is 3. The van der Waals surface area contributed by atoms with E-state index in [1.807, 2.05) is 48.5 Å². The van der Waals surface area contributed by atoms with E-state index in [9.17, 15) is 0 Å². The Labute approximate surface area is 292 Å². The first kappa shape index (κ1) is 28.6. The molecule has 0 amide bonds. The normalized spacial score (nSPS) is 11.6. The van der Waals surface area contributed by atoms with Crippen molar-refractivity contribution in [2.45, 2.75) is 0 Å². The van der Waals surface area contributed by atoms with Crippen molar-refractivity contribution in [3.63, 3.8) is 0 Å². The molecule has 0 saturated heterocycles. The monoisotopic (exact) mass is 657 g/mol. The zero-order valence-corrected chi connectivity index (χ0v) is 27.6. The highest BCUT2D eigenvalue weighted by Crippen LogP contribution is 2.41. The third-order valence-electron chi connectivity index (χ3n) is 9.36. The van der Waals surface area contributed by atoms with Crippen molar-refractivity contribution in [1.29, 1.82) is 0 Å². The molecule has 234 valence electrons. The van der Waals surface area contributed by atoms with Crippen LogP contribution in [0.2, 0.25) is 0 Å². The minimum Gasteiger partial charge on any atom is -0.456 e. The van der Waals surface area contributed by atoms with Gasteiger partial charge in [0.25, 0.3) is 0 Å². The van der Waals surface area contributed by atoms with E-state index < -0.39 is 0 Å². The van der Waals surface area contributed by atoms with Crippen molar-refractivity contribution in [2.24, 2.45) is 0 Å². The maximum atomic E-state index is 6.19. The van der Waals surface area contributed by atoms with Gasteiger partial charge < -0.3 is 4.42 Å². The number of thiophene rings is 1. The fourth-order valence-electron chi connectivity index (χ4n) is 6.89. The van der Waals surface area contributed by atoms with Crippen molar-refractivity contribution < 1.29 is 4.42 Å². The van der Waals surface area contributed by atoms with Crippen LogP contribution in [-0.4, -0.2) is 15.0 Å². The summed E-state index contributed by atoms with van der Waals surface area (Å²) in [5, 5.41) is 4.74. The van der Waals surface area contributed by atoms with Crippen LogP contribution in [-0.2, 0) is 0 Å². The topological polar surface area (TPSA) is 51.8 Å². The van der Waals surface area contributed by atoms with E-state index in [1.165, 1.54) is 36.9 Å². The summed E-state index contributed by atoms with van der Waals surface area (Å²) in [6.07, 6.45) is 0. The third-order valence-corrected chi connectivity index (χ3v) is 10.5. The van der Waals surface area contributed by atoms with Gasteiger partial charge in [-0.1, -0.05) is 133 Å². The number of fused-ring (bicyclic) bond motifs is 6. The lowest BCUT2D eigenvalue weighted by atomic mass is 9.98. The summed E-state index contributed by atoms with van der Waals surface area (Å²) in [7, 11) is 0. The molecule has 50 heavy (non-hydrogen) atoms. The first-order chi connectivity index (χ1) is 24.7. The van der Waals surface area contributed by atoms with Crippen LogP contribution in [0.1, 0.15) is 0 Å². The molecule has 5 heteroatoms. The van der Waals surface area contributed by atoms with Gasteiger partial charge in [0.15, 0.2) is 17.5 Å². The SMILES string of the molecule is c1ccc(-c2ccc(-c3nc(-c4ccccc4)nc(-c4ccc5c(c4)sc4ccc(-c6cccc7oc8ccccc8c67)cc45)n3)cc2)cc1. The lowest BCUT2D eigenvalue weighted by Gasteiger charge is -2.09. The molecule has 3 aromatic heterocycles. The Morgan fingerprint density at radius 1 is 0.360 bits per heavy atom. The van der Waals surface area contributed by atoms with Crippen LogP contribution >= 0.6 is 11.3 Å². The number of furan rings is 1. The molecule has 0 spiro atoms. The highest BCUT2D eigenvalue weighted by molar-refractivity contribution is 7.25. The maximum absolute atomic E-state index is 6.19. The van der Waals surface area contributed by atoms with Crippen molar-refractivity contribution in [1.82, 2.24) is 15.0 Å². The number of benzene rings is 7. The van der Waals surface area contributed by atoms with Gasteiger partial charge in [-0.15, -0.1) is 11.3 Å². The minimum atomic E-state index is 0.649. The van der Waals surface area contributed by atoms with Crippen LogP contribution in [0.5, 0.6) is 0 Å². The molecule has 0 radical (unpaired) electrons. The molecule has 0 aliphatic rings. The molecular formula is C45H27N3OS. The fraction of sp³-hybridized carbons (Fsp3) is 0. The van der Waals surface area contributed by atoms with Crippen LogP contribution in [0, 0.1) is 0 Å². The molecule has 10 rings (SSSR count). The van der Waals surface area contributed by atoms with E-state index in [0.717, 1.165) is 44.2 Å². The van der Waals surface area contributed by atoms with E-state index in [4.69, 9.17) is 19.4 Å². The van der Waals surface area contributed by atoms with E-state index in [2.05, 4.69) is 115 Å². The molecule has 0 fully saturated rings. The summed E-state index contributed by atoms with van der Waals surface area (Å²) in [5.41, 5.74) is 9.35. The number of hydrogen-bond donors (Lipinski definition) is 0. The Morgan fingerprint density at radius 2 is 0.940 bits per heavy atom. The number of rotatable bonds is 5. The average Bonchev–Trinajstić information content (AvgIpc) is 3.76. The van der Waals surface area contributed by atoms with Crippen LogP contribution in [0.3, 0.4) is 0 Å². The van der Waals surface area contributed by atoms with Gasteiger partial charge in [0.2, 0.25) is 0 Å². The zero-order valence-electron chi connectivity index (χ0n) is 26.7. The zero-order chi connectivity index (χ0) is 33.0. The van der Waals surface area contributed by atoms with Gasteiger partial charge in [0, 0.05) is 47.6 Å². The molecule has 0 N–H and O–H groups in total. The maximum Gasteiger partial charge on any atom is 0.164 e. The number of aromatic nitrogens is 3. The van der Waals surface area contributed by atoms with Gasteiger partial charge in [-0.05, 0) is 52.6 Å². The van der Waals surface area contributed by atoms with Crippen LogP contribution < -0.4 is 0 Å². The van der Waals surface area contributed by atoms with Crippen molar-refractivity contribution in [2.75, 3.05) is 0 Å². The van der Waals surface area contributed by atoms with E-state index >= 15 is 0 Å². The highest BCUT2D eigenvalue weighted by Gasteiger charge is 2.16. The predicted molar refractivity (Wildman–Crippen MR) is 207 cm³/mol. The second-order valence-electron chi connectivity index (χ2n) is 12.4. The van der Waals surface area contributed by atoms with Gasteiger partial charge in [0.05, 0.1) is 0 Å². The molecule has 7 aromatic carbocycles. The Hall–Kier alpha value is -6.43. The molecule has 0 bridgehead atoms. The molecule has 10 aromatic rings. The van der Waals surface area contributed by atoms with Crippen LogP contribution in [0.25, 0.3) is 98.5 Å². The molecule has 0 aliphatic heterocycles. The van der Waals surface area contributed by atoms with Gasteiger partial charge >= 0.3 is 0 Å². The molecule has 0 atom stereocenters. The number of para-hydroxylation sites is 1. The smallest absolute Gasteiger partial charge is 0.164 e. The summed E-state index contributed by atoms with van der Waals surface area (Å²) < 4.78 is 8.63. The number of hydrogen-bond acceptors (Lipinski definition) is 5. The van der Waals surface area contributed by atoms with E-state index in [1.54, 1.807) is 11.3 Å². The van der Waals surface area contributed by atoms with E-state index in [0.29, 0.717) is 17.5 Å². The molecule has 0 saturated carbocycles. The van der Waals surface area contributed by atoms with E-state index in [-0.39, 0.29) is 0 Å².